The van der Waals surface area contributed by atoms with Crippen molar-refractivity contribution in [2.75, 3.05) is 10.2 Å². The SMILES string of the molecule is C1=CC2=C(CC1)c1cccc3c1N(c1ccccc12)C(c1ccc(-c2cccc(-c4cccc(C5NC(c6ccccc6)NC(c6ccccc6)N5)c4)c2)cc1)N3. The third-order valence-corrected chi connectivity index (χ3v) is 12.0. The van der Waals surface area contributed by atoms with Crippen LogP contribution < -0.4 is 26.2 Å². The summed E-state index contributed by atoms with van der Waals surface area (Å²) in [7, 11) is 0. The molecule has 3 atom stereocenters. The number of fused-ring (bicyclic) bond motifs is 4. The first-order valence-electron chi connectivity index (χ1n) is 20.1. The van der Waals surface area contributed by atoms with Gasteiger partial charge < -0.3 is 10.2 Å². The largest absolute Gasteiger partial charge is 0.359 e. The van der Waals surface area contributed by atoms with E-state index in [-0.39, 0.29) is 24.7 Å². The van der Waals surface area contributed by atoms with Gasteiger partial charge in [0.25, 0.3) is 0 Å². The molecule has 3 aliphatic heterocycles. The zero-order chi connectivity index (χ0) is 37.7. The number of benzene rings is 7. The Labute approximate surface area is 334 Å². The number of hydrogen-bond donors (Lipinski definition) is 4. The standard InChI is InChI=1S/C52H43N5/c1-3-14-35(15-4-1)49-54-50(36-16-5-2-6-17-36)56-51(55-49)41-21-12-20-40(33-41)39-19-11-18-38(32-39)34-28-30-37(31-29-34)52-53-46-26-13-25-45-43-23-8-7-22-42(43)44-24-9-10-27-47(44)57(52)48(45)46/h1-7,9-22,24-33,49-56H,8,23H2. The summed E-state index contributed by atoms with van der Waals surface area (Å²) in [6.07, 6.45) is 6.70. The van der Waals surface area contributed by atoms with Gasteiger partial charge in [0.05, 0.1) is 35.6 Å². The van der Waals surface area contributed by atoms with Crippen LogP contribution in [0.5, 0.6) is 0 Å². The molecule has 0 bridgehead atoms. The van der Waals surface area contributed by atoms with Crippen LogP contribution in [0.15, 0.2) is 188 Å². The summed E-state index contributed by atoms with van der Waals surface area (Å²) in [5.41, 5.74) is 18.8. The van der Waals surface area contributed by atoms with Crippen molar-refractivity contribution in [2.24, 2.45) is 0 Å². The zero-order valence-electron chi connectivity index (χ0n) is 31.6. The van der Waals surface area contributed by atoms with Gasteiger partial charge in [0, 0.05) is 11.1 Å². The van der Waals surface area contributed by atoms with Crippen LogP contribution in [-0.2, 0) is 0 Å². The van der Waals surface area contributed by atoms with E-state index in [2.05, 4.69) is 214 Å². The Hall–Kier alpha value is -6.50. The normalized spacial score (nSPS) is 20.6. The Kier molecular flexibility index (Phi) is 8.43. The molecule has 5 heteroatoms. The molecule has 11 rings (SSSR count). The van der Waals surface area contributed by atoms with Gasteiger partial charge in [-0.3, -0.25) is 16.0 Å². The van der Waals surface area contributed by atoms with Gasteiger partial charge in [-0.15, -0.1) is 0 Å². The van der Waals surface area contributed by atoms with Crippen LogP contribution in [0.1, 0.15) is 70.9 Å². The number of allylic oxidation sites excluding steroid dienone is 4. The minimum atomic E-state index is -0.0578. The van der Waals surface area contributed by atoms with Crippen LogP contribution in [0.25, 0.3) is 33.4 Å². The lowest BCUT2D eigenvalue weighted by Gasteiger charge is -2.39. The van der Waals surface area contributed by atoms with E-state index in [0.29, 0.717) is 0 Å². The second-order valence-electron chi connectivity index (χ2n) is 15.4. The lowest BCUT2D eigenvalue weighted by Crippen LogP contribution is -2.54. The molecule has 0 radical (unpaired) electrons. The summed E-state index contributed by atoms with van der Waals surface area (Å²) in [6.45, 7) is 0. The summed E-state index contributed by atoms with van der Waals surface area (Å²) < 4.78 is 0. The van der Waals surface area contributed by atoms with Crippen LogP contribution >= 0.6 is 0 Å². The van der Waals surface area contributed by atoms with Gasteiger partial charge in [-0.25, -0.2) is 0 Å². The highest BCUT2D eigenvalue weighted by atomic mass is 15.4. The molecule has 1 aliphatic carbocycles. The van der Waals surface area contributed by atoms with Gasteiger partial charge >= 0.3 is 0 Å². The smallest absolute Gasteiger partial charge is 0.130 e. The third kappa shape index (κ3) is 6.08. The molecule has 0 aromatic heterocycles. The van der Waals surface area contributed by atoms with E-state index in [1.807, 2.05) is 0 Å². The highest BCUT2D eigenvalue weighted by Crippen LogP contribution is 2.55. The van der Waals surface area contributed by atoms with Crippen molar-refractivity contribution >= 4 is 28.2 Å². The van der Waals surface area contributed by atoms with Crippen LogP contribution in [0.2, 0.25) is 0 Å². The number of nitrogens with one attached hydrogen (secondary N) is 4. The van der Waals surface area contributed by atoms with Crippen molar-refractivity contribution in [3.63, 3.8) is 0 Å². The van der Waals surface area contributed by atoms with Gasteiger partial charge in [-0.1, -0.05) is 164 Å². The Bertz CT molecular complexity index is 2620. The van der Waals surface area contributed by atoms with Crippen LogP contribution in [0.4, 0.5) is 17.1 Å². The van der Waals surface area contributed by atoms with E-state index < -0.39 is 0 Å². The van der Waals surface area contributed by atoms with Crippen molar-refractivity contribution in [2.45, 2.75) is 37.5 Å². The molecule has 3 heterocycles. The van der Waals surface area contributed by atoms with Crippen LogP contribution in [0.3, 0.4) is 0 Å². The molecule has 276 valence electrons. The molecule has 1 fully saturated rings. The second-order valence-corrected chi connectivity index (χ2v) is 15.4. The first kappa shape index (κ1) is 33.8. The maximum atomic E-state index is 3.91. The Morgan fingerprint density at radius 2 is 1.04 bits per heavy atom. The highest BCUT2D eigenvalue weighted by Gasteiger charge is 2.38. The van der Waals surface area contributed by atoms with E-state index >= 15 is 0 Å². The number of para-hydroxylation sites is 2. The quantitative estimate of drug-likeness (QED) is 0.137. The highest BCUT2D eigenvalue weighted by molar-refractivity contribution is 6.08. The molecule has 57 heavy (non-hydrogen) atoms. The zero-order valence-corrected chi connectivity index (χ0v) is 31.6. The maximum Gasteiger partial charge on any atom is 0.130 e. The summed E-state index contributed by atoms with van der Waals surface area (Å²) >= 11 is 0. The molecule has 0 spiro atoms. The van der Waals surface area contributed by atoms with E-state index in [4.69, 9.17) is 0 Å². The summed E-state index contributed by atoms with van der Waals surface area (Å²) in [4.78, 5) is 2.53. The summed E-state index contributed by atoms with van der Waals surface area (Å²) in [5.74, 6) is 0. The first-order chi connectivity index (χ1) is 28.2. The number of rotatable bonds is 6. The van der Waals surface area contributed by atoms with Gasteiger partial charge in [0.2, 0.25) is 0 Å². The summed E-state index contributed by atoms with van der Waals surface area (Å²) in [5, 5.41) is 15.4. The minimum absolute atomic E-state index is 0.0125. The number of nitrogens with zero attached hydrogens (tertiary/aromatic N) is 1. The topological polar surface area (TPSA) is 51.4 Å². The fourth-order valence-electron chi connectivity index (χ4n) is 9.25. The van der Waals surface area contributed by atoms with Crippen molar-refractivity contribution in [1.29, 1.82) is 0 Å². The molecule has 1 saturated heterocycles. The number of anilines is 3. The van der Waals surface area contributed by atoms with Gasteiger partial charge in [0.15, 0.2) is 0 Å². The predicted molar refractivity (Wildman–Crippen MR) is 234 cm³/mol. The predicted octanol–water partition coefficient (Wildman–Crippen LogP) is 12.0. The number of hydrogen-bond acceptors (Lipinski definition) is 5. The Morgan fingerprint density at radius 3 is 1.77 bits per heavy atom. The molecule has 3 unspecified atom stereocenters. The average Bonchev–Trinajstić information content (AvgIpc) is 3.64. The molecule has 4 aliphatic rings. The van der Waals surface area contributed by atoms with E-state index in [0.717, 1.165) is 12.8 Å². The lowest BCUT2D eigenvalue weighted by atomic mass is 9.88. The first-order valence-corrected chi connectivity index (χ1v) is 20.1. The third-order valence-electron chi connectivity index (χ3n) is 12.0. The Morgan fingerprint density at radius 1 is 0.456 bits per heavy atom. The fraction of sp³-hybridized carbons (Fsp3) is 0.115. The van der Waals surface area contributed by atoms with E-state index in [1.165, 1.54) is 83.8 Å². The van der Waals surface area contributed by atoms with Crippen molar-refractivity contribution in [1.82, 2.24) is 16.0 Å². The molecule has 7 aromatic carbocycles. The van der Waals surface area contributed by atoms with E-state index in [1.54, 1.807) is 0 Å². The van der Waals surface area contributed by atoms with Crippen molar-refractivity contribution in [3.8, 4) is 22.3 Å². The Balaban J connectivity index is 0.885. The van der Waals surface area contributed by atoms with E-state index in [9.17, 15) is 0 Å². The minimum Gasteiger partial charge on any atom is -0.359 e. The monoisotopic (exact) mass is 737 g/mol. The molecule has 0 saturated carbocycles. The average molecular weight is 738 g/mol. The van der Waals surface area contributed by atoms with Crippen LogP contribution in [0, 0.1) is 0 Å². The molecule has 7 aromatic rings. The molecule has 0 amide bonds. The maximum absolute atomic E-state index is 3.91. The van der Waals surface area contributed by atoms with Gasteiger partial charge in [-0.2, -0.15) is 0 Å². The molecule has 4 N–H and O–H groups in total. The fourth-order valence-corrected chi connectivity index (χ4v) is 9.25. The second kappa shape index (κ2) is 14.2. The molecular weight excluding hydrogens is 695 g/mol. The molecule has 5 nitrogen and oxygen atoms in total. The van der Waals surface area contributed by atoms with Gasteiger partial charge in [-0.05, 0) is 92.8 Å². The van der Waals surface area contributed by atoms with Gasteiger partial charge in [0.1, 0.15) is 6.17 Å². The molecular formula is C52H43N5. The van der Waals surface area contributed by atoms with Crippen molar-refractivity contribution < 1.29 is 0 Å². The summed E-state index contributed by atoms with van der Waals surface area (Å²) in [6, 6.07) is 63.9. The van der Waals surface area contributed by atoms with Crippen molar-refractivity contribution in [3.05, 3.63) is 221 Å². The lowest BCUT2D eigenvalue weighted by molar-refractivity contribution is 0.203. The van der Waals surface area contributed by atoms with Crippen LogP contribution in [-0.4, -0.2) is 0 Å².